The monoisotopic (exact) mass is 509 g/mol. The lowest BCUT2D eigenvalue weighted by Gasteiger charge is -2.35. The molecule has 1 amide bonds. The lowest BCUT2D eigenvalue weighted by Crippen LogP contribution is -2.49. The number of amides is 1. The molecular formula is C24H36ClN5O3S. The van der Waals surface area contributed by atoms with Crippen LogP contribution in [0.25, 0.3) is 0 Å². The fourth-order valence-electron chi connectivity index (χ4n) is 4.19. The second-order valence-electron chi connectivity index (χ2n) is 9.54. The van der Waals surface area contributed by atoms with Gasteiger partial charge in [0.1, 0.15) is 0 Å². The molecule has 0 unspecified atom stereocenters. The number of hydrogen-bond acceptors (Lipinski definition) is 5. The number of aryl methyl sites for hydroxylation is 1. The van der Waals surface area contributed by atoms with E-state index in [1.807, 2.05) is 58.9 Å². The van der Waals surface area contributed by atoms with Crippen LogP contribution in [0.5, 0.6) is 0 Å². The van der Waals surface area contributed by atoms with Crippen LogP contribution in [0.3, 0.4) is 0 Å². The van der Waals surface area contributed by atoms with Gasteiger partial charge in [-0.2, -0.15) is 9.40 Å². The molecule has 0 atom stereocenters. The van der Waals surface area contributed by atoms with Gasteiger partial charge in [0.2, 0.25) is 5.03 Å². The van der Waals surface area contributed by atoms with Gasteiger partial charge in [-0.3, -0.25) is 9.48 Å². The molecule has 2 heterocycles. The molecule has 1 aromatic heterocycles. The second kappa shape index (κ2) is 11.1. The zero-order valence-corrected chi connectivity index (χ0v) is 22.3. The summed E-state index contributed by atoms with van der Waals surface area (Å²) in [5, 5.41) is 4.83. The van der Waals surface area contributed by atoms with E-state index in [1.54, 1.807) is 11.1 Å². The Morgan fingerprint density at radius 2 is 1.65 bits per heavy atom. The van der Waals surface area contributed by atoms with Crippen molar-refractivity contribution in [1.29, 1.82) is 0 Å². The minimum atomic E-state index is -3.94. The van der Waals surface area contributed by atoms with Crippen LogP contribution in [-0.4, -0.2) is 72.6 Å². The zero-order valence-electron chi connectivity index (χ0n) is 20.7. The van der Waals surface area contributed by atoms with Crippen molar-refractivity contribution in [2.45, 2.75) is 46.2 Å². The Balaban J connectivity index is 1.87. The summed E-state index contributed by atoms with van der Waals surface area (Å²) in [5.41, 5.74) is 1.04. The predicted molar refractivity (Wildman–Crippen MR) is 136 cm³/mol. The maximum absolute atomic E-state index is 13.7. The fourth-order valence-corrected chi connectivity index (χ4v) is 5.96. The number of anilines is 1. The van der Waals surface area contributed by atoms with Gasteiger partial charge < -0.3 is 9.80 Å². The summed E-state index contributed by atoms with van der Waals surface area (Å²) in [6.45, 7) is 13.3. The van der Waals surface area contributed by atoms with E-state index in [9.17, 15) is 13.2 Å². The molecule has 8 nitrogen and oxygen atoms in total. The van der Waals surface area contributed by atoms with E-state index in [0.717, 1.165) is 5.69 Å². The van der Waals surface area contributed by atoms with Crippen LogP contribution in [0.2, 0.25) is 5.02 Å². The van der Waals surface area contributed by atoms with Crippen molar-refractivity contribution in [3.8, 4) is 0 Å². The summed E-state index contributed by atoms with van der Waals surface area (Å²) >= 11 is 6.33. The van der Waals surface area contributed by atoms with Gasteiger partial charge in [0.15, 0.2) is 0 Å². The molecule has 1 fully saturated rings. The summed E-state index contributed by atoms with van der Waals surface area (Å²) in [6.07, 6.45) is 1.57. The number of nitrogens with zero attached hydrogens (tertiary/aromatic N) is 5. The third kappa shape index (κ3) is 5.93. The van der Waals surface area contributed by atoms with Crippen LogP contribution in [0, 0.1) is 11.8 Å². The van der Waals surface area contributed by atoms with Crippen molar-refractivity contribution in [3.05, 3.63) is 41.0 Å². The Hall–Kier alpha value is -2.10. The zero-order chi connectivity index (χ0) is 25.0. The normalized spacial score (nSPS) is 15.4. The van der Waals surface area contributed by atoms with E-state index in [2.05, 4.69) is 10.00 Å². The number of carbonyl (C=O) groups is 1. The number of halogens is 1. The first kappa shape index (κ1) is 26.5. The van der Waals surface area contributed by atoms with Crippen molar-refractivity contribution < 1.29 is 13.2 Å². The maximum Gasteiger partial charge on any atom is 0.263 e. The number of para-hydroxylation sites is 1. The molecule has 10 heteroatoms. The number of carbonyl (C=O) groups excluding carboxylic acids is 1. The Bertz CT molecular complexity index is 1080. The number of rotatable bonds is 9. The van der Waals surface area contributed by atoms with E-state index in [4.69, 9.17) is 11.6 Å². The Morgan fingerprint density at radius 1 is 1.06 bits per heavy atom. The number of benzene rings is 1. The van der Waals surface area contributed by atoms with Crippen molar-refractivity contribution >= 4 is 33.2 Å². The number of hydrogen-bond donors (Lipinski definition) is 0. The van der Waals surface area contributed by atoms with Crippen molar-refractivity contribution in [2.24, 2.45) is 11.8 Å². The summed E-state index contributed by atoms with van der Waals surface area (Å²) in [4.78, 5) is 17.4. The second-order valence-corrected chi connectivity index (χ2v) is 11.8. The third-order valence-corrected chi connectivity index (χ3v) is 7.91. The topological polar surface area (TPSA) is 78.8 Å². The molecule has 1 aromatic carbocycles. The standard InChI is InChI=1S/C24H36ClN5O3S/c1-6-29-17-20(24(31)28(15-18(2)3)16-19(4)5)23(26-29)34(32,33)30-13-11-27(12-14-30)22-10-8-7-9-21(22)25/h7-10,17-19H,6,11-16H2,1-5H3. The molecule has 0 spiro atoms. The SMILES string of the molecule is CCn1cc(C(=O)N(CC(C)C)CC(C)C)c(S(=O)(=O)N2CCN(c3ccccc3Cl)CC2)n1. The van der Waals surface area contributed by atoms with Crippen LogP contribution in [0.15, 0.2) is 35.5 Å². The van der Waals surface area contributed by atoms with Gasteiger partial charge in [-0.1, -0.05) is 51.4 Å². The molecule has 1 saturated heterocycles. The van der Waals surface area contributed by atoms with Crippen molar-refractivity contribution in [2.75, 3.05) is 44.2 Å². The van der Waals surface area contributed by atoms with Crippen LogP contribution in [0.1, 0.15) is 45.0 Å². The van der Waals surface area contributed by atoms with Crippen molar-refractivity contribution in [3.63, 3.8) is 0 Å². The molecule has 0 radical (unpaired) electrons. The van der Waals surface area contributed by atoms with Gasteiger partial charge in [0, 0.05) is 52.0 Å². The maximum atomic E-state index is 13.7. The van der Waals surface area contributed by atoms with E-state index in [-0.39, 0.29) is 28.3 Å². The molecule has 0 N–H and O–H groups in total. The van der Waals surface area contributed by atoms with Crippen LogP contribution in [-0.2, 0) is 16.6 Å². The van der Waals surface area contributed by atoms with Gasteiger partial charge in [-0.15, -0.1) is 0 Å². The van der Waals surface area contributed by atoms with Gasteiger partial charge >= 0.3 is 0 Å². The highest BCUT2D eigenvalue weighted by atomic mass is 35.5. The smallest absolute Gasteiger partial charge is 0.263 e. The highest BCUT2D eigenvalue weighted by Crippen LogP contribution is 2.28. The fraction of sp³-hybridized carbons (Fsp3) is 0.583. The highest BCUT2D eigenvalue weighted by Gasteiger charge is 2.36. The lowest BCUT2D eigenvalue weighted by atomic mass is 10.1. The molecule has 0 saturated carbocycles. The first-order valence-corrected chi connectivity index (χ1v) is 13.7. The number of sulfonamides is 1. The third-order valence-electron chi connectivity index (χ3n) is 5.76. The average molecular weight is 510 g/mol. The summed E-state index contributed by atoms with van der Waals surface area (Å²) in [5.74, 6) is 0.249. The molecule has 2 aromatic rings. The first-order chi connectivity index (χ1) is 16.0. The van der Waals surface area contributed by atoms with Crippen LogP contribution >= 0.6 is 11.6 Å². The number of piperazine rings is 1. The molecule has 3 rings (SSSR count). The van der Waals surface area contributed by atoms with E-state index in [0.29, 0.717) is 50.8 Å². The predicted octanol–water partition coefficient (Wildman–Crippen LogP) is 3.82. The molecule has 188 valence electrons. The quantitative estimate of drug-likeness (QED) is 0.513. The van der Waals surface area contributed by atoms with E-state index in [1.165, 1.54) is 8.99 Å². The molecule has 34 heavy (non-hydrogen) atoms. The van der Waals surface area contributed by atoms with Gasteiger partial charge in [0.25, 0.3) is 15.9 Å². The minimum absolute atomic E-state index is 0.150. The largest absolute Gasteiger partial charge is 0.368 e. The average Bonchev–Trinajstić information content (AvgIpc) is 3.23. The molecule has 1 aliphatic heterocycles. The first-order valence-electron chi connectivity index (χ1n) is 11.9. The Labute approximate surface area is 208 Å². The van der Waals surface area contributed by atoms with Gasteiger partial charge in [-0.25, -0.2) is 8.42 Å². The molecule has 0 aliphatic carbocycles. The Morgan fingerprint density at radius 3 is 2.18 bits per heavy atom. The van der Waals surface area contributed by atoms with Crippen LogP contribution < -0.4 is 4.90 Å². The van der Waals surface area contributed by atoms with Gasteiger partial charge in [-0.05, 0) is 30.9 Å². The minimum Gasteiger partial charge on any atom is -0.368 e. The van der Waals surface area contributed by atoms with E-state index < -0.39 is 10.0 Å². The lowest BCUT2D eigenvalue weighted by molar-refractivity contribution is 0.0711. The summed E-state index contributed by atoms with van der Waals surface area (Å²) in [7, 11) is -3.94. The van der Waals surface area contributed by atoms with Crippen molar-refractivity contribution in [1.82, 2.24) is 19.0 Å². The van der Waals surface area contributed by atoms with E-state index >= 15 is 0 Å². The van der Waals surface area contributed by atoms with Gasteiger partial charge in [0.05, 0.1) is 16.3 Å². The molecular weight excluding hydrogens is 474 g/mol. The molecule has 1 aliphatic rings. The molecule has 0 bridgehead atoms. The van der Waals surface area contributed by atoms with Crippen LogP contribution in [0.4, 0.5) is 5.69 Å². The summed E-state index contributed by atoms with van der Waals surface area (Å²) in [6, 6.07) is 7.55. The summed E-state index contributed by atoms with van der Waals surface area (Å²) < 4.78 is 30.3. The number of aromatic nitrogens is 2. The Kier molecular flexibility index (Phi) is 8.65. The highest BCUT2D eigenvalue weighted by molar-refractivity contribution is 7.89.